The lowest BCUT2D eigenvalue weighted by atomic mass is 9.96. The molecule has 0 aliphatic carbocycles. The molecule has 2 nitrogen and oxygen atoms in total. The van der Waals surface area contributed by atoms with Gasteiger partial charge >= 0.3 is 0 Å². The van der Waals surface area contributed by atoms with E-state index in [4.69, 9.17) is 0 Å². The molecule has 1 saturated heterocycles. The van der Waals surface area contributed by atoms with Crippen LogP contribution in [0.15, 0.2) is 23.4 Å². The Morgan fingerprint density at radius 1 is 1.42 bits per heavy atom. The summed E-state index contributed by atoms with van der Waals surface area (Å²) in [5.41, 5.74) is 1.45. The third-order valence-electron chi connectivity index (χ3n) is 3.63. The second-order valence-corrected chi connectivity index (χ2v) is 7.18. The van der Waals surface area contributed by atoms with E-state index in [1.165, 1.54) is 49.4 Å². The first-order valence-corrected chi connectivity index (χ1v) is 8.46. The van der Waals surface area contributed by atoms with Crippen LogP contribution in [-0.4, -0.2) is 28.2 Å². The number of pyridine rings is 1. The van der Waals surface area contributed by atoms with Gasteiger partial charge in [0, 0.05) is 23.1 Å². The van der Waals surface area contributed by atoms with Crippen molar-refractivity contribution in [1.29, 1.82) is 0 Å². The predicted molar refractivity (Wildman–Crippen MR) is 83.7 cm³/mol. The van der Waals surface area contributed by atoms with Crippen LogP contribution in [0.3, 0.4) is 0 Å². The molecule has 1 aliphatic heterocycles. The lowest BCUT2D eigenvalue weighted by Crippen LogP contribution is -2.34. The molecule has 2 rings (SSSR count). The second kappa shape index (κ2) is 7.30. The molecule has 0 spiro atoms. The number of nitrogens with zero attached hydrogens (tertiary/aromatic N) is 2. The topological polar surface area (TPSA) is 16.1 Å². The molecule has 19 heavy (non-hydrogen) atoms. The predicted octanol–water partition coefficient (Wildman–Crippen LogP) is 4.52. The quantitative estimate of drug-likeness (QED) is 0.737. The first-order valence-electron chi connectivity index (χ1n) is 7.58. The summed E-state index contributed by atoms with van der Waals surface area (Å²) in [7, 11) is 0. The molecular formula is C16H26N2S. The zero-order valence-corrected chi connectivity index (χ0v) is 13.2. The summed E-state index contributed by atoms with van der Waals surface area (Å²) in [6.07, 6.45) is 7.16. The minimum absolute atomic E-state index is 0.587. The Morgan fingerprint density at radius 3 is 3.00 bits per heavy atom. The van der Waals surface area contributed by atoms with Gasteiger partial charge in [0.05, 0.1) is 0 Å². The van der Waals surface area contributed by atoms with E-state index in [-0.39, 0.29) is 0 Å². The minimum atomic E-state index is 0.587. The van der Waals surface area contributed by atoms with Gasteiger partial charge in [0.1, 0.15) is 5.03 Å². The summed E-state index contributed by atoms with van der Waals surface area (Å²) < 4.78 is 0. The second-order valence-electron chi connectivity index (χ2n) is 5.61. The number of rotatable bonds is 5. The van der Waals surface area contributed by atoms with Crippen LogP contribution in [0.4, 0.5) is 0 Å². The van der Waals surface area contributed by atoms with E-state index in [1.807, 2.05) is 18.0 Å². The van der Waals surface area contributed by atoms with Crippen LogP contribution in [0.25, 0.3) is 0 Å². The average Bonchev–Trinajstić information content (AvgIpc) is 2.40. The van der Waals surface area contributed by atoms with Crippen molar-refractivity contribution in [2.24, 2.45) is 0 Å². The van der Waals surface area contributed by atoms with Gasteiger partial charge in [-0.2, -0.15) is 0 Å². The van der Waals surface area contributed by atoms with Crippen LogP contribution >= 0.6 is 11.8 Å². The molecule has 2 heterocycles. The fourth-order valence-corrected chi connectivity index (χ4v) is 3.79. The number of aromatic nitrogens is 1. The van der Waals surface area contributed by atoms with Crippen LogP contribution in [0.2, 0.25) is 0 Å². The van der Waals surface area contributed by atoms with Gasteiger partial charge in [0.15, 0.2) is 0 Å². The van der Waals surface area contributed by atoms with Crippen molar-refractivity contribution in [3.05, 3.63) is 23.9 Å². The van der Waals surface area contributed by atoms with Crippen LogP contribution in [0.5, 0.6) is 0 Å². The number of hydrogen-bond donors (Lipinski definition) is 0. The van der Waals surface area contributed by atoms with Gasteiger partial charge in [-0.05, 0) is 38.4 Å². The van der Waals surface area contributed by atoms with E-state index in [0.717, 1.165) is 0 Å². The molecule has 1 aromatic rings. The van der Waals surface area contributed by atoms with Gasteiger partial charge in [-0.3, -0.25) is 4.90 Å². The molecule has 0 amide bonds. The molecule has 1 fully saturated rings. The van der Waals surface area contributed by atoms with Gasteiger partial charge in [-0.25, -0.2) is 4.98 Å². The highest BCUT2D eigenvalue weighted by molar-refractivity contribution is 7.99. The van der Waals surface area contributed by atoms with Crippen molar-refractivity contribution in [2.75, 3.05) is 13.1 Å². The standard InChI is InChI=1S/C16H26N2S/c1-4-11-18-12-6-5-9-15(18)14-8-7-10-17-16(14)19-13(2)3/h7-8,10,13,15H,4-6,9,11-12H2,1-3H3/t15-/m0/s1. The van der Waals surface area contributed by atoms with E-state index < -0.39 is 0 Å². The van der Waals surface area contributed by atoms with E-state index in [9.17, 15) is 0 Å². The van der Waals surface area contributed by atoms with Crippen molar-refractivity contribution >= 4 is 11.8 Å². The van der Waals surface area contributed by atoms with Gasteiger partial charge in [0.2, 0.25) is 0 Å². The van der Waals surface area contributed by atoms with Crippen molar-refractivity contribution in [3.63, 3.8) is 0 Å². The van der Waals surface area contributed by atoms with Crippen LogP contribution in [0, 0.1) is 0 Å². The van der Waals surface area contributed by atoms with E-state index in [1.54, 1.807) is 0 Å². The lowest BCUT2D eigenvalue weighted by Gasteiger charge is -2.36. The fraction of sp³-hybridized carbons (Fsp3) is 0.688. The number of hydrogen-bond acceptors (Lipinski definition) is 3. The smallest absolute Gasteiger partial charge is 0.101 e. The molecule has 106 valence electrons. The van der Waals surface area contributed by atoms with E-state index in [2.05, 4.69) is 42.8 Å². The van der Waals surface area contributed by atoms with E-state index in [0.29, 0.717) is 11.3 Å². The van der Waals surface area contributed by atoms with Gasteiger partial charge < -0.3 is 0 Å². The van der Waals surface area contributed by atoms with Crippen LogP contribution in [0.1, 0.15) is 58.1 Å². The molecule has 3 heteroatoms. The number of piperidine rings is 1. The third-order valence-corrected chi connectivity index (χ3v) is 4.67. The monoisotopic (exact) mass is 278 g/mol. The fourth-order valence-electron chi connectivity index (χ4n) is 2.88. The summed E-state index contributed by atoms with van der Waals surface area (Å²) in [6.45, 7) is 9.23. The Hall–Kier alpha value is -0.540. The maximum absolute atomic E-state index is 4.62. The van der Waals surface area contributed by atoms with Crippen molar-refractivity contribution in [3.8, 4) is 0 Å². The maximum atomic E-state index is 4.62. The highest BCUT2D eigenvalue weighted by Gasteiger charge is 2.25. The molecular weight excluding hydrogens is 252 g/mol. The molecule has 0 saturated carbocycles. The zero-order chi connectivity index (χ0) is 13.7. The van der Waals surface area contributed by atoms with Crippen LogP contribution in [-0.2, 0) is 0 Å². The first-order chi connectivity index (χ1) is 9.22. The summed E-state index contributed by atoms with van der Waals surface area (Å²) >= 11 is 1.90. The highest BCUT2D eigenvalue weighted by Crippen LogP contribution is 2.36. The number of thioether (sulfide) groups is 1. The Labute approximate surface area is 122 Å². The minimum Gasteiger partial charge on any atom is -0.296 e. The Morgan fingerprint density at radius 2 is 2.26 bits per heavy atom. The first kappa shape index (κ1) is 14.9. The van der Waals surface area contributed by atoms with Crippen molar-refractivity contribution in [2.45, 2.75) is 62.8 Å². The highest BCUT2D eigenvalue weighted by atomic mass is 32.2. The summed E-state index contributed by atoms with van der Waals surface area (Å²) in [4.78, 5) is 7.28. The average molecular weight is 278 g/mol. The van der Waals surface area contributed by atoms with Crippen molar-refractivity contribution < 1.29 is 0 Å². The summed E-state index contributed by atoms with van der Waals surface area (Å²) in [6, 6.07) is 4.97. The SMILES string of the molecule is CCCN1CCCC[C@H]1c1cccnc1SC(C)C. The summed E-state index contributed by atoms with van der Waals surface area (Å²) in [5, 5.41) is 1.84. The molecule has 0 radical (unpaired) electrons. The van der Waals surface area contributed by atoms with Gasteiger partial charge in [0.25, 0.3) is 0 Å². The molecule has 1 aliphatic rings. The third kappa shape index (κ3) is 3.96. The Kier molecular flexibility index (Phi) is 5.71. The van der Waals surface area contributed by atoms with Crippen LogP contribution < -0.4 is 0 Å². The number of likely N-dealkylation sites (tertiary alicyclic amines) is 1. The maximum Gasteiger partial charge on any atom is 0.101 e. The molecule has 0 bridgehead atoms. The van der Waals surface area contributed by atoms with E-state index >= 15 is 0 Å². The lowest BCUT2D eigenvalue weighted by molar-refractivity contribution is 0.146. The Bertz CT molecular complexity index is 390. The Balaban J connectivity index is 2.22. The molecule has 0 unspecified atom stereocenters. The molecule has 1 atom stereocenters. The molecule has 1 aromatic heterocycles. The normalized spacial score (nSPS) is 20.9. The molecule has 0 aromatic carbocycles. The zero-order valence-electron chi connectivity index (χ0n) is 12.4. The largest absolute Gasteiger partial charge is 0.296 e. The van der Waals surface area contributed by atoms with Crippen molar-refractivity contribution in [1.82, 2.24) is 9.88 Å². The van der Waals surface area contributed by atoms with Gasteiger partial charge in [-0.1, -0.05) is 33.3 Å². The van der Waals surface area contributed by atoms with Gasteiger partial charge in [-0.15, -0.1) is 11.8 Å². The molecule has 0 N–H and O–H groups in total. The summed E-state index contributed by atoms with van der Waals surface area (Å²) in [5.74, 6) is 0.